The van der Waals surface area contributed by atoms with E-state index in [0.717, 1.165) is 24.5 Å². The van der Waals surface area contributed by atoms with Gasteiger partial charge < -0.3 is 19.7 Å². The average Bonchev–Trinajstić information content (AvgIpc) is 2.69. The number of anilines is 1. The minimum Gasteiger partial charge on any atom is -0.493 e. The largest absolute Gasteiger partial charge is 0.493 e. The minimum atomic E-state index is -0.317. The van der Waals surface area contributed by atoms with Gasteiger partial charge in [-0.2, -0.15) is 0 Å². The zero-order valence-corrected chi connectivity index (χ0v) is 14.5. The van der Waals surface area contributed by atoms with Crippen molar-refractivity contribution in [1.29, 1.82) is 0 Å². The lowest BCUT2D eigenvalue weighted by molar-refractivity contribution is -0.121. The van der Waals surface area contributed by atoms with Crippen LogP contribution in [0.15, 0.2) is 42.6 Å². The Morgan fingerprint density at radius 3 is 2.77 bits per heavy atom. The first kappa shape index (κ1) is 18.1. The lowest BCUT2D eigenvalue weighted by atomic mass is 10.2. The van der Waals surface area contributed by atoms with Crippen molar-refractivity contribution in [3.05, 3.63) is 54.0 Å². The highest BCUT2D eigenvalue weighted by Gasteiger charge is 2.16. The van der Waals surface area contributed by atoms with Crippen LogP contribution in [0.4, 0.5) is 10.2 Å². The molecule has 26 heavy (non-hydrogen) atoms. The molecule has 1 fully saturated rings. The molecule has 3 rings (SSSR count). The maximum Gasteiger partial charge on any atom is 0.223 e. The lowest BCUT2D eigenvalue weighted by Crippen LogP contribution is -2.37. The summed E-state index contributed by atoms with van der Waals surface area (Å²) in [6, 6.07) is 9.56. The third-order valence-electron chi connectivity index (χ3n) is 4.07. The van der Waals surface area contributed by atoms with Gasteiger partial charge >= 0.3 is 0 Å². The van der Waals surface area contributed by atoms with Crippen LogP contribution in [-0.2, 0) is 16.1 Å². The SMILES string of the molecule is O=C(CCOc1ccc(F)cc1)NCc1cccnc1N1CCOCC1. The summed E-state index contributed by atoms with van der Waals surface area (Å²) in [4.78, 5) is 18.7. The molecule has 1 aliphatic rings. The molecule has 1 aromatic heterocycles. The molecule has 6 nitrogen and oxygen atoms in total. The van der Waals surface area contributed by atoms with Crippen LogP contribution >= 0.6 is 0 Å². The molecule has 1 N–H and O–H groups in total. The van der Waals surface area contributed by atoms with Gasteiger partial charge in [-0.3, -0.25) is 4.79 Å². The lowest BCUT2D eigenvalue weighted by Gasteiger charge is -2.29. The number of nitrogens with one attached hydrogen (secondary N) is 1. The fraction of sp³-hybridized carbons (Fsp3) is 0.368. The Labute approximate surface area is 151 Å². The molecule has 0 aliphatic carbocycles. The molecule has 0 saturated carbocycles. The van der Waals surface area contributed by atoms with Crippen molar-refractivity contribution in [2.75, 3.05) is 37.8 Å². The minimum absolute atomic E-state index is 0.108. The Balaban J connectivity index is 1.46. The van der Waals surface area contributed by atoms with Crippen molar-refractivity contribution in [2.24, 2.45) is 0 Å². The number of rotatable bonds is 7. The first-order valence-electron chi connectivity index (χ1n) is 8.64. The Morgan fingerprint density at radius 1 is 1.23 bits per heavy atom. The molecule has 0 radical (unpaired) electrons. The van der Waals surface area contributed by atoms with E-state index in [-0.39, 0.29) is 24.8 Å². The van der Waals surface area contributed by atoms with Gasteiger partial charge in [-0.05, 0) is 30.3 Å². The Bertz CT molecular complexity index is 718. The van der Waals surface area contributed by atoms with Crippen LogP contribution in [0.1, 0.15) is 12.0 Å². The molecular weight excluding hydrogens is 337 g/mol. The van der Waals surface area contributed by atoms with Crippen molar-refractivity contribution in [1.82, 2.24) is 10.3 Å². The number of hydrogen-bond donors (Lipinski definition) is 1. The van der Waals surface area contributed by atoms with Crippen LogP contribution in [-0.4, -0.2) is 43.8 Å². The zero-order chi connectivity index (χ0) is 18.2. The zero-order valence-electron chi connectivity index (χ0n) is 14.5. The van der Waals surface area contributed by atoms with E-state index < -0.39 is 0 Å². The Hall–Kier alpha value is -2.67. The van der Waals surface area contributed by atoms with E-state index in [1.165, 1.54) is 24.3 Å². The number of benzene rings is 1. The topological polar surface area (TPSA) is 63.7 Å². The predicted octanol–water partition coefficient (Wildman–Crippen LogP) is 2.14. The summed E-state index contributed by atoms with van der Waals surface area (Å²) in [5.41, 5.74) is 0.974. The highest BCUT2D eigenvalue weighted by molar-refractivity contribution is 5.76. The van der Waals surface area contributed by atoms with Crippen LogP contribution in [0.2, 0.25) is 0 Å². The van der Waals surface area contributed by atoms with Crippen LogP contribution in [0, 0.1) is 5.82 Å². The predicted molar refractivity (Wildman–Crippen MR) is 95.6 cm³/mol. The molecule has 2 heterocycles. The van der Waals surface area contributed by atoms with Crippen molar-refractivity contribution < 1.29 is 18.7 Å². The highest BCUT2D eigenvalue weighted by atomic mass is 19.1. The molecule has 2 aromatic rings. The van der Waals surface area contributed by atoms with Crippen molar-refractivity contribution in [2.45, 2.75) is 13.0 Å². The maximum atomic E-state index is 12.8. The second-order valence-electron chi connectivity index (χ2n) is 5.91. The summed E-state index contributed by atoms with van der Waals surface area (Å²) >= 11 is 0. The van der Waals surface area contributed by atoms with Gasteiger partial charge in [-0.15, -0.1) is 0 Å². The van der Waals surface area contributed by atoms with Gasteiger partial charge in [0.15, 0.2) is 0 Å². The fourth-order valence-electron chi connectivity index (χ4n) is 2.70. The second-order valence-corrected chi connectivity index (χ2v) is 5.91. The third-order valence-corrected chi connectivity index (χ3v) is 4.07. The highest BCUT2D eigenvalue weighted by Crippen LogP contribution is 2.18. The van der Waals surface area contributed by atoms with Crippen molar-refractivity contribution in [3.8, 4) is 5.75 Å². The number of ether oxygens (including phenoxy) is 2. The van der Waals surface area contributed by atoms with Gasteiger partial charge in [0.1, 0.15) is 17.4 Å². The summed E-state index contributed by atoms with van der Waals surface area (Å²) in [6.07, 6.45) is 1.98. The quantitative estimate of drug-likeness (QED) is 0.821. The molecule has 0 spiro atoms. The Kier molecular flexibility index (Phi) is 6.38. The van der Waals surface area contributed by atoms with E-state index in [2.05, 4.69) is 15.2 Å². The smallest absolute Gasteiger partial charge is 0.223 e. The molecule has 1 amide bonds. The first-order valence-corrected chi connectivity index (χ1v) is 8.64. The number of hydrogen-bond acceptors (Lipinski definition) is 5. The number of halogens is 1. The standard InChI is InChI=1S/C19H22FN3O3/c20-16-3-5-17(6-4-16)26-11-7-18(24)22-14-15-2-1-8-21-19(15)23-9-12-25-13-10-23/h1-6,8H,7,9-14H2,(H,22,24). The van der Waals surface area contributed by atoms with E-state index >= 15 is 0 Å². The van der Waals surface area contributed by atoms with E-state index in [9.17, 15) is 9.18 Å². The molecule has 138 valence electrons. The van der Waals surface area contributed by atoms with E-state index in [4.69, 9.17) is 9.47 Å². The summed E-state index contributed by atoms with van der Waals surface area (Å²) in [6.45, 7) is 3.61. The molecular formula is C19H22FN3O3. The summed E-state index contributed by atoms with van der Waals surface area (Å²) < 4.78 is 23.6. The number of pyridine rings is 1. The van der Waals surface area contributed by atoms with Crippen LogP contribution < -0.4 is 15.0 Å². The molecule has 1 saturated heterocycles. The van der Waals surface area contributed by atoms with Crippen molar-refractivity contribution in [3.63, 3.8) is 0 Å². The average molecular weight is 359 g/mol. The monoisotopic (exact) mass is 359 g/mol. The van der Waals surface area contributed by atoms with Crippen molar-refractivity contribution >= 4 is 11.7 Å². The van der Waals surface area contributed by atoms with Gasteiger partial charge in [0.25, 0.3) is 0 Å². The molecule has 7 heteroatoms. The molecule has 0 unspecified atom stereocenters. The normalized spacial score (nSPS) is 14.1. The summed E-state index contributed by atoms with van der Waals surface area (Å²) in [7, 11) is 0. The van der Waals surface area contributed by atoms with Gasteiger partial charge in [-0.1, -0.05) is 6.07 Å². The molecule has 1 aromatic carbocycles. The van der Waals surface area contributed by atoms with Gasteiger partial charge in [0.2, 0.25) is 5.91 Å². The van der Waals surface area contributed by atoms with Gasteiger partial charge in [0.05, 0.1) is 26.2 Å². The number of morpholine rings is 1. The second kappa shape index (κ2) is 9.15. The fourth-order valence-corrected chi connectivity index (χ4v) is 2.70. The maximum absolute atomic E-state index is 12.8. The van der Waals surface area contributed by atoms with Crippen LogP contribution in [0.3, 0.4) is 0 Å². The Morgan fingerprint density at radius 2 is 2.00 bits per heavy atom. The number of amides is 1. The van der Waals surface area contributed by atoms with Crippen LogP contribution in [0.5, 0.6) is 5.75 Å². The van der Waals surface area contributed by atoms with E-state index in [1.807, 2.05) is 12.1 Å². The molecule has 0 bridgehead atoms. The summed E-state index contributed by atoms with van der Waals surface area (Å²) in [5, 5.41) is 2.90. The summed E-state index contributed by atoms with van der Waals surface area (Å²) in [5.74, 6) is 1.01. The van der Waals surface area contributed by atoms with Gasteiger partial charge in [-0.25, -0.2) is 9.37 Å². The number of aromatic nitrogens is 1. The van der Waals surface area contributed by atoms with E-state index in [0.29, 0.717) is 25.5 Å². The number of carbonyl (C=O) groups excluding carboxylic acids is 1. The first-order chi connectivity index (χ1) is 12.7. The van der Waals surface area contributed by atoms with E-state index in [1.54, 1.807) is 6.20 Å². The molecule has 0 atom stereocenters. The van der Waals surface area contributed by atoms with Crippen LogP contribution in [0.25, 0.3) is 0 Å². The number of carbonyl (C=O) groups is 1. The van der Waals surface area contributed by atoms with Gasteiger partial charge in [0, 0.05) is 31.4 Å². The number of nitrogens with zero attached hydrogens (tertiary/aromatic N) is 2. The molecule has 1 aliphatic heterocycles. The third kappa shape index (κ3) is 5.16.